The van der Waals surface area contributed by atoms with Gasteiger partial charge in [-0.2, -0.15) is 5.10 Å². The third kappa shape index (κ3) is 5.31. The molecule has 22 heavy (non-hydrogen) atoms. The van der Waals surface area contributed by atoms with Gasteiger partial charge >= 0.3 is 0 Å². The lowest BCUT2D eigenvalue weighted by Crippen LogP contribution is -2.35. The largest absolute Gasteiger partial charge is 0.363 e. The summed E-state index contributed by atoms with van der Waals surface area (Å²) in [6, 6.07) is 9.82. The van der Waals surface area contributed by atoms with Crippen LogP contribution in [0.3, 0.4) is 0 Å². The fraction of sp³-hybridized carbons (Fsp3) is 0.375. The second-order valence-corrected chi connectivity index (χ2v) is 6.08. The first kappa shape index (κ1) is 16.8. The Morgan fingerprint density at radius 1 is 1.23 bits per heavy atom. The first-order chi connectivity index (χ1) is 10.5. The number of hydrogen-bond donors (Lipinski definition) is 2. The Morgan fingerprint density at radius 2 is 1.95 bits per heavy atom. The van der Waals surface area contributed by atoms with Gasteiger partial charge in [-0.1, -0.05) is 23.7 Å². The fourth-order valence-corrected chi connectivity index (χ4v) is 2.48. The number of halogens is 1. The van der Waals surface area contributed by atoms with E-state index in [9.17, 15) is 0 Å². The summed E-state index contributed by atoms with van der Waals surface area (Å²) in [5.41, 5.74) is 3.41. The van der Waals surface area contributed by atoms with E-state index in [1.54, 1.807) is 0 Å². The van der Waals surface area contributed by atoms with Crippen LogP contribution in [-0.2, 0) is 13.1 Å². The van der Waals surface area contributed by atoms with E-state index < -0.39 is 0 Å². The van der Waals surface area contributed by atoms with Crippen LogP contribution in [0.25, 0.3) is 0 Å². The molecule has 118 valence electrons. The van der Waals surface area contributed by atoms with Crippen molar-refractivity contribution in [2.45, 2.75) is 33.4 Å². The minimum absolute atomic E-state index is 0.670. The van der Waals surface area contributed by atoms with E-state index >= 15 is 0 Å². The standard InChI is InChI=1S/C16H21ClN4S/c1-12-10-13(2)21(20-12)9-3-8-18-16(22)19-11-14-4-6-15(17)7-5-14/h4-7,10H,3,8-9,11H2,1-2H3,(H2,18,19,22). The summed E-state index contributed by atoms with van der Waals surface area (Å²) in [4.78, 5) is 0. The Bertz CT molecular complexity index is 622. The molecule has 0 atom stereocenters. The summed E-state index contributed by atoms with van der Waals surface area (Å²) in [6.45, 7) is 6.50. The van der Waals surface area contributed by atoms with Crippen LogP contribution in [0.2, 0.25) is 5.02 Å². The zero-order chi connectivity index (χ0) is 15.9. The van der Waals surface area contributed by atoms with E-state index in [4.69, 9.17) is 23.8 Å². The van der Waals surface area contributed by atoms with Crippen LogP contribution in [-0.4, -0.2) is 21.4 Å². The predicted molar refractivity (Wildman–Crippen MR) is 95.2 cm³/mol. The van der Waals surface area contributed by atoms with Gasteiger partial charge in [0.15, 0.2) is 5.11 Å². The molecule has 0 aliphatic rings. The summed E-state index contributed by atoms with van der Waals surface area (Å²) >= 11 is 11.1. The number of nitrogens with zero attached hydrogens (tertiary/aromatic N) is 2. The topological polar surface area (TPSA) is 41.9 Å². The molecule has 0 bridgehead atoms. The highest BCUT2D eigenvalue weighted by molar-refractivity contribution is 7.80. The molecule has 0 radical (unpaired) electrons. The molecule has 6 heteroatoms. The highest BCUT2D eigenvalue weighted by atomic mass is 35.5. The SMILES string of the molecule is Cc1cc(C)n(CCCNC(=S)NCc2ccc(Cl)cc2)n1. The molecule has 0 amide bonds. The van der Waals surface area contributed by atoms with Crippen molar-refractivity contribution in [1.82, 2.24) is 20.4 Å². The van der Waals surface area contributed by atoms with Crippen LogP contribution in [0.1, 0.15) is 23.4 Å². The van der Waals surface area contributed by atoms with E-state index in [1.165, 1.54) is 5.69 Å². The minimum atomic E-state index is 0.670. The molecule has 0 fully saturated rings. The number of thiocarbonyl (C=S) groups is 1. The molecule has 1 aromatic heterocycles. The van der Waals surface area contributed by atoms with E-state index in [0.29, 0.717) is 11.7 Å². The molecule has 0 unspecified atom stereocenters. The molecule has 1 aromatic carbocycles. The molecular formula is C16H21ClN4S. The molecule has 4 nitrogen and oxygen atoms in total. The predicted octanol–water partition coefficient (Wildman–Crippen LogP) is 3.21. The number of aromatic nitrogens is 2. The van der Waals surface area contributed by atoms with E-state index in [0.717, 1.165) is 35.8 Å². The summed E-state index contributed by atoms with van der Waals surface area (Å²) < 4.78 is 2.03. The number of aryl methyl sites for hydroxylation is 3. The van der Waals surface area contributed by atoms with Gasteiger partial charge in [-0.25, -0.2) is 0 Å². The van der Waals surface area contributed by atoms with Crippen molar-refractivity contribution in [1.29, 1.82) is 0 Å². The molecule has 2 aromatic rings. The van der Waals surface area contributed by atoms with Crippen molar-refractivity contribution in [2.24, 2.45) is 0 Å². The quantitative estimate of drug-likeness (QED) is 0.628. The number of rotatable bonds is 6. The van der Waals surface area contributed by atoms with Gasteiger partial charge in [-0.3, -0.25) is 4.68 Å². The third-order valence-corrected chi connectivity index (χ3v) is 3.84. The van der Waals surface area contributed by atoms with E-state index in [-0.39, 0.29) is 0 Å². The minimum Gasteiger partial charge on any atom is -0.363 e. The second kappa shape index (κ2) is 8.15. The zero-order valence-corrected chi connectivity index (χ0v) is 14.5. The molecule has 1 heterocycles. The van der Waals surface area contributed by atoms with Crippen LogP contribution in [0.15, 0.2) is 30.3 Å². The monoisotopic (exact) mass is 336 g/mol. The number of nitrogens with one attached hydrogen (secondary N) is 2. The molecule has 0 aliphatic carbocycles. The lowest BCUT2D eigenvalue weighted by molar-refractivity contribution is 0.556. The van der Waals surface area contributed by atoms with Gasteiger partial charge in [0, 0.05) is 30.4 Å². The average Bonchev–Trinajstić information content (AvgIpc) is 2.81. The first-order valence-electron chi connectivity index (χ1n) is 7.32. The van der Waals surface area contributed by atoms with Gasteiger partial charge in [0.25, 0.3) is 0 Å². The van der Waals surface area contributed by atoms with Crippen LogP contribution in [0.4, 0.5) is 0 Å². The molecule has 0 aliphatic heterocycles. The summed E-state index contributed by atoms with van der Waals surface area (Å²) in [7, 11) is 0. The summed E-state index contributed by atoms with van der Waals surface area (Å²) in [5.74, 6) is 0. The van der Waals surface area contributed by atoms with Gasteiger partial charge in [0.2, 0.25) is 0 Å². The fourth-order valence-electron chi connectivity index (χ4n) is 2.18. The van der Waals surface area contributed by atoms with Crippen LogP contribution in [0.5, 0.6) is 0 Å². The van der Waals surface area contributed by atoms with Gasteiger partial charge < -0.3 is 10.6 Å². The third-order valence-electron chi connectivity index (χ3n) is 3.30. The average molecular weight is 337 g/mol. The summed E-state index contributed by atoms with van der Waals surface area (Å²) in [6.07, 6.45) is 0.977. The van der Waals surface area contributed by atoms with Crippen molar-refractivity contribution in [3.63, 3.8) is 0 Å². The van der Waals surface area contributed by atoms with Gasteiger partial charge in [0.1, 0.15) is 0 Å². The second-order valence-electron chi connectivity index (χ2n) is 5.24. The van der Waals surface area contributed by atoms with Crippen LogP contribution in [0, 0.1) is 13.8 Å². The van der Waals surface area contributed by atoms with Gasteiger partial charge in [0.05, 0.1) is 5.69 Å². The Morgan fingerprint density at radius 3 is 2.59 bits per heavy atom. The summed E-state index contributed by atoms with van der Waals surface area (Å²) in [5, 5.41) is 12.3. The molecule has 0 spiro atoms. The van der Waals surface area contributed by atoms with Crippen molar-refractivity contribution >= 4 is 28.9 Å². The number of hydrogen-bond acceptors (Lipinski definition) is 2. The van der Waals surface area contributed by atoms with Crippen molar-refractivity contribution in [3.05, 3.63) is 52.3 Å². The lowest BCUT2D eigenvalue weighted by Gasteiger charge is -2.11. The molecule has 2 rings (SSSR count). The van der Waals surface area contributed by atoms with Crippen molar-refractivity contribution in [2.75, 3.05) is 6.54 Å². The number of benzene rings is 1. The normalized spacial score (nSPS) is 10.5. The van der Waals surface area contributed by atoms with Gasteiger partial charge in [-0.15, -0.1) is 0 Å². The van der Waals surface area contributed by atoms with Crippen molar-refractivity contribution in [3.8, 4) is 0 Å². The zero-order valence-electron chi connectivity index (χ0n) is 12.9. The van der Waals surface area contributed by atoms with E-state index in [2.05, 4.69) is 28.7 Å². The highest BCUT2D eigenvalue weighted by Gasteiger charge is 2.01. The van der Waals surface area contributed by atoms with E-state index in [1.807, 2.05) is 35.9 Å². The van der Waals surface area contributed by atoms with Crippen molar-refractivity contribution < 1.29 is 0 Å². The maximum Gasteiger partial charge on any atom is 0.166 e. The first-order valence-corrected chi connectivity index (χ1v) is 8.10. The van der Waals surface area contributed by atoms with Crippen LogP contribution < -0.4 is 10.6 Å². The molecule has 2 N–H and O–H groups in total. The molecule has 0 saturated heterocycles. The Balaban J connectivity index is 1.63. The Hall–Kier alpha value is -1.59. The maximum absolute atomic E-state index is 5.86. The lowest BCUT2D eigenvalue weighted by atomic mass is 10.2. The van der Waals surface area contributed by atoms with Gasteiger partial charge in [-0.05, 0) is 56.2 Å². The smallest absolute Gasteiger partial charge is 0.166 e. The Labute approximate surface area is 141 Å². The molecule has 0 saturated carbocycles. The Kier molecular flexibility index (Phi) is 6.21. The maximum atomic E-state index is 5.86. The van der Waals surface area contributed by atoms with Crippen LogP contribution >= 0.6 is 23.8 Å². The highest BCUT2D eigenvalue weighted by Crippen LogP contribution is 2.09. The molecular weight excluding hydrogens is 316 g/mol.